The molecule has 1 aliphatic heterocycles. The fourth-order valence-corrected chi connectivity index (χ4v) is 2.72. The van der Waals surface area contributed by atoms with E-state index in [0.717, 1.165) is 43.7 Å². The summed E-state index contributed by atoms with van der Waals surface area (Å²) in [6.45, 7) is 9.48. The van der Waals surface area contributed by atoms with Crippen LogP contribution in [0.25, 0.3) is 0 Å². The zero-order chi connectivity index (χ0) is 14.1. The van der Waals surface area contributed by atoms with Crippen LogP contribution in [0.2, 0.25) is 0 Å². The Hall–Kier alpha value is -1.36. The van der Waals surface area contributed by atoms with Crippen LogP contribution in [0.15, 0.2) is 10.9 Å². The van der Waals surface area contributed by atoms with Gasteiger partial charge in [0.2, 0.25) is 0 Å². The Morgan fingerprint density at radius 3 is 2.60 bits per heavy atom. The molecule has 110 valence electrons. The summed E-state index contributed by atoms with van der Waals surface area (Å²) >= 11 is 0. The first-order chi connectivity index (χ1) is 9.61. The monoisotopic (exact) mass is 276 g/mol. The van der Waals surface area contributed by atoms with Gasteiger partial charge in [0.05, 0.1) is 0 Å². The van der Waals surface area contributed by atoms with Gasteiger partial charge in [0.15, 0.2) is 0 Å². The Morgan fingerprint density at radius 2 is 2.00 bits per heavy atom. The Kier molecular flexibility index (Phi) is 3.78. The van der Waals surface area contributed by atoms with Crippen LogP contribution < -0.4 is 10.5 Å². The van der Waals surface area contributed by atoms with Gasteiger partial charge in [-0.3, -0.25) is 9.69 Å². The van der Waals surface area contributed by atoms with Gasteiger partial charge in [0.25, 0.3) is 5.56 Å². The van der Waals surface area contributed by atoms with E-state index in [2.05, 4.69) is 33.6 Å². The second-order valence-corrected chi connectivity index (χ2v) is 6.37. The van der Waals surface area contributed by atoms with E-state index in [1.165, 1.54) is 19.4 Å². The van der Waals surface area contributed by atoms with Gasteiger partial charge >= 0.3 is 0 Å². The third kappa shape index (κ3) is 3.20. The van der Waals surface area contributed by atoms with E-state index in [-0.39, 0.29) is 11.5 Å². The second-order valence-electron chi connectivity index (χ2n) is 6.37. The van der Waals surface area contributed by atoms with Gasteiger partial charge in [0.1, 0.15) is 11.6 Å². The lowest BCUT2D eigenvalue weighted by Gasteiger charge is -2.35. The van der Waals surface area contributed by atoms with Crippen LogP contribution in [0.5, 0.6) is 0 Å². The van der Waals surface area contributed by atoms with Crippen molar-refractivity contribution in [3.63, 3.8) is 0 Å². The molecule has 1 aromatic heterocycles. The molecule has 5 nitrogen and oxygen atoms in total. The van der Waals surface area contributed by atoms with Gasteiger partial charge in [-0.25, -0.2) is 4.98 Å². The minimum Gasteiger partial charge on any atom is -0.354 e. The van der Waals surface area contributed by atoms with Crippen molar-refractivity contribution in [2.45, 2.75) is 32.6 Å². The summed E-state index contributed by atoms with van der Waals surface area (Å²) in [5.74, 6) is 2.82. The maximum absolute atomic E-state index is 11.7. The zero-order valence-corrected chi connectivity index (χ0v) is 12.4. The summed E-state index contributed by atoms with van der Waals surface area (Å²) in [6.07, 6.45) is 2.82. The van der Waals surface area contributed by atoms with Gasteiger partial charge in [-0.05, 0) is 18.8 Å². The molecule has 1 aromatic rings. The summed E-state index contributed by atoms with van der Waals surface area (Å²) < 4.78 is 0. The molecule has 5 heteroatoms. The highest BCUT2D eigenvalue weighted by Crippen LogP contribution is 2.30. The van der Waals surface area contributed by atoms with E-state index in [0.29, 0.717) is 0 Å². The van der Waals surface area contributed by atoms with Crippen LogP contribution in [0, 0.1) is 5.92 Å². The van der Waals surface area contributed by atoms with Crippen LogP contribution in [-0.2, 0) is 0 Å². The average Bonchev–Trinajstić information content (AvgIpc) is 3.23. The third-order valence-electron chi connectivity index (χ3n) is 4.20. The lowest BCUT2D eigenvalue weighted by molar-refractivity contribution is 0.247. The lowest BCUT2D eigenvalue weighted by atomic mass is 10.2. The van der Waals surface area contributed by atoms with Gasteiger partial charge in [0, 0.05) is 44.7 Å². The maximum atomic E-state index is 11.7. The fraction of sp³-hybridized carbons (Fsp3) is 0.733. The molecule has 20 heavy (non-hydrogen) atoms. The number of aromatic amines is 1. The molecule has 2 heterocycles. The van der Waals surface area contributed by atoms with Crippen LogP contribution in [-0.4, -0.2) is 47.6 Å². The first-order valence-corrected chi connectivity index (χ1v) is 7.70. The molecular formula is C15H24N4O. The molecule has 0 unspecified atom stereocenters. The fourth-order valence-electron chi connectivity index (χ4n) is 2.72. The predicted octanol–water partition coefficient (Wildman–Crippen LogP) is 1.43. The lowest BCUT2D eigenvalue weighted by Crippen LogP contribution is -2.47. The number of hydrogen-bond acceptors (Lipinski definition) is 4. The molecule has 1 saturated carbocycles. The summed E-state index contributed by atoms with van der Waals surface area (Å²) in [4.78, 5) is 24.0. The molecule has 2 aliphatic rings. The molecule has 1 aliphatic carbocycles. The summed E-state index contributed by atoms with van der Waals surface area (Å²) in [5, 5.41) is 0. The van der Waals surface area contributed by atoms with Crippen molar-refractivity contribution in [3.05, 3.63) is 22.2 Å². The van der Waals surface area contributed by atoms with E-state index < -0.39 is 0 Å². The number of anilines is 1. The normalized spacial score (nSPS) is 20.6. The minimum absolute atomic E-state index is 0.0425. The second kappa shape index (κ2) is 5.56. The number of aromatic nitrogens is 2. The number of nitrogens with zero attached hydrogens (tertiary/aromatic N) is 3. The van der Waals surface area contributed by atoms with Gasteiger partial charge in [-0.2, -0.15) is 0 Å². The highest BCUT2D eigenvalue weighted by molar-refractivity contribution is 5.38. The number of nitrogens with one attached hydrogen (secondary N) is 1. The third-order valence-corrected chi connectivity index (χ3v) is 4.20. The molecule has 0 bridgehead atoms. The summed E-state index contributed by atoms with van der Waals surface area (Å²) in [5.41, 5.74) is -0.0425. The van der Waals surface area contributed by atoms with Crippen molar-refractivity contribution < 1.29 is 0 Å². The van der Waals surface area contributed by atoms with E-state index >= 15 is 0 Å². The largest absolute Gasteiger partial charge is 0.354 e. The first-order valence-electron chi connectivity index (χ1n) is 7.70. The molecule has 2 fully saturated rings. The van der Waals surface area contributed by atoms with Crippen molar-refractivity contribution in [2.24, 2.45) is 5.92 Å². The molecule has 0 spiro atoms. The Labute approximate surface area is 120 Å². The SMILES string of the molecule is CC(C)c1nc(N2CCN(CC3CC3)CC2)cc(=O)[nH]1. The van der Waals surface area contributed by atoms with Crippen LogP contribution in [0.3, 0.4) is 0 Å². The Bertz CT molecular complexity index is 513. The molecule has 1 saturated heterocycles. The van der Waals surface area contributed by atoms with Crippen molar-refractivity contribution in [1.29, 1.82) is 0 Å². The quantitative estimate of drug-likeness (QED) is 0.904. The first kappa shape index (κ1) is 13.6. The van der Waals surface area contributed by atoms with Crippen LogP contribution >= 0.6 is 0 Å². The minimum atomic E-state index is -0.0425. The smallest absolute Gasteiger partial charge is 0.252 e. The van der Waals surface area contributed by atoms with Crippen molar-refractivity contribution in [2.75, 3.05) is 37.6 Å². The zero-order valence-electron chi connectivity index (χ0n) is 12.4. The van der Waals surface area contributed by atoms with E-state index in [1.807, 2.05) is 0 Å². The topological polar surface area (TPSA) is 52.2 Å². The van der Waals surface area contributed by atoms with Crippen molar-refractivity contribution >= 4 is 5.82 Å². The van der Waals surface area contributed by atoms with Gasteiger partial charge < -0.3 is 9.88 Å². The van der Waals surface area contributed by atoms with Crippen molar-refractivity contribution in [3.8, 4) is 0 Å². The van der Waals surface area contributed by atoms with Crippen LogP contribution in [0.4, 0.5) is 5.82 Å². The van der Waals surface area contributed by atoms with E-state index in [1.54, 1.807) is 6.07 Å². The predicted molar refractivity (Wildman–Crippen MR) is 80.3 cm³/mol. The molecule has 0 radical (unpaired) electrons. The average molecular weight is 276 g/mol. The molecular weight excluding hydrogens is 252 g/mol. The standard InChI is InChI=1S/C15H24N4O/c1-11(2)15-16-13(9-14(20)17-15)19-7-5-18(6-8-19)10-12-3-4-12/h9,11-12H,3-8,10H2,1-2H3,(H,16,17,20). The van der Waals surface area contributed by atoms with Gasteiger partial charge in [-0.15, -0.1) is 0 Å². The van der Waals surface area contributed by atoms with Gasteiger partial charge in [-0.1, -0.05) is 13.8 Å². The molecule has 3 rings (SSSR count). The molecule has 0 aromatic carbocycles. The number of rotatable bonds is 4. The van der Waals surface area contributed by atoms with Crippen LogP contribution in [0.1, 0.15) is 38.4 Å². The van der Waals surface area contributed by atoms with Crippen molar-refractivity contribution in [1.82, 2.24) is 14.9 Å². The molecule has 0 amide bonds. The van der Waals surface area contributed by atoms with E-state index in [9.17, 15) is 4.79 Å². The van der Waals surface area contributed by atoms with E-state index in [4.69, 9.17) is 0 Å². The maximum Gasteiger partial charge on any atom is 0.252 e. The molecule has 0 atom stereocenters. The Balaban J connectivity index is 1.66. The number of hydrogen-bond donors (Lipinski definition) is 1. The number of H-pyrrole nitrogens is 1. The molecule has 1 N–H and O–H groups in total. The summed E-state index contributed by atoms with van der Waals surface area (Å²) in [7, 11) is 0. The Morgan fingerprint density at radius 1 is 1.30 bits per heavy atom. The highest BCUT2D eigenvalue weighted by Gasteiger charge is 2.26. The number of piperazine rings is 1. The summed E-state index contributed by atoms with van der Waals surface area (Å²) in [6, 6.07) is 1.63. The highest BCUT2D eigenvalue weighted by atomic mass is 16.1.